The average molecular weight is 394 g/mol. The molecule has 3 N–H and O–H groups in total. The van der Waals surface area contributed by atoms with Crippen LogP contribution in [0.25, 0.3) is 0 Å². The molecule has 0 bridgehead atoms. The van der Waals surface area contributed by atoms with Gasteiger partial charge >= 0.3 is 0 Å². The summed E-state index contributed by atoms with van der Waals surface area (Å²) in [6.07, 6.45) is 9.26. The van der Waals surface area contributed by atoms with Crippen molar-refractivity contribution >= 4 is 11.9 Å². The number of carbonyl (C=O) groups excluding carboxylic acids is 1. The van der Waals surface area contributed by atoms with E-state index >= 15 is 0 Å². The lowest BCUT2D eigenvalue weighted by Crippen LogP contribution is -2.53. The number of guanidine groups is 1. The predicted octanol–water partition coefficient (Wildman–Crippen LogP) is 1.43. The molecular weight excluding hydrogens is 354 g/mol. The molecule has 28 heavy (non-hydrogen) atoms. The molecule has 160 valence electrons. The lowest BCUT2D eigenvalue weighted by Gasteiger charge is -2.43. The zero-order chi connectivity index (χ0) is 19.8. The van der Waals surface area contributed by atoms with Crippen LogP contribution in [-0.4, -0.2) is 81.2 Å². The normalized spacial score (nSPS) is 26.8. The van der Waals surface area contributed by atoms with Crippen LogP contribution in [0.2, 0.25) is 0 Å². The summed E-state index contributed by atoms with van der Waals surface area (Å²) in [7, 11) is 1.87. The highest BCUT2D eigenvalue weighted by molar-refractivity contribution is 5.80. The minimum absolute atomic E-state index is 0.193. The first-order valence-electron chi connectivity index (χ1n) is 11.1. The highest BCUT2D eigenvalue weighted by Gasteiger charge is 2.35. The van der Waals surface area contributed by atoms with Crippen LogP contribution in [0.1, 0.15) is 51.4 Å². The quantitative estimate of drug-likeness (QED) is 0.527. The molecule has 2 heterocycles. The number of piperidine rings is 1. The number of likely N-dealkylation sites (tertiary alicyclic amines) is 1. The number of ether oxygens (including phenoxy) is 1. The number of hydrogen-bond acceptors (Lipinski definition) is 4. The van der Waals surface area contributed by atoms with Crippen molar-refractivity contribution in [2.24, 2.45) is 22.1 Å². The number of amides is 1. The molecule has 3 rings (SSSR count). The Morgan fingerprint density at radius 2 is 1.93 bits per heavy atom. The van der Waals surface area contributed by atoms with Gasteiger partial charge in [0.2, 0.25) is 5.91 Å². The van der Waals surface area contributed by atoms with Crippen LogP contribution in [0.3, 0.4) is 0 Å². The second-order valence-electron chi connectivity index (χ2n) is 8.97. The Hall–Kier alpha value is -1.34. The van der Waals surface area contributed by atoms with Gasteiger partial charge in [-0.1, -0.05) is 19.3 Å². The molecule has 7 nitrogen and oxygen atoms in total. The summed E-state index contributed by atoms with van der Waals surface area (Å²) in [5.74, 6) is 1.14. The van der Waals surface area contributed by atoms with Gasteiger partial charge < -0.3 is 20.7 Å². The van der Waals surface area contributed by atoms with E-state index in [0.29, 0.717) is 17.8 Å². The highest BCUT2D eigenvalue weighted by Crippen LogP contribution is 2.37. The molecule has 2 saturated heterocycles. The molecule has 7 heteroatoms. The molecule has 1 aliphatic carbocycles. The standard InChI is InChI=1S/C21H39N5O2/c1-23-20(26-9-5-6-18(15-26)14-19(22)27)24-16-21(7-3-2-4-8-21)17-25-10-12-28-13-11-25/h18H,2-17H2,1H3,(H2,22,27)(H,23,24). The zero-order valence-corrected chi connectivity index (χ0v) is 17.6. The first-order valence-corrected chi connectivity index (χ1v) is 11.1. The molecule has 0 aromatic carbocycles. The molecule has 0 radical (unpaired) electrons. The SMILES string of the molecule is CN=C(NCC1(CN2CCOCC2)CCCCC1)N1CCCC(CC(N)=O)C1. The van der Waals surface area contributed by atoms with E-state index in [2.05, 4.69) is 20.1 Å². The number of nitrogens with two attached hydrogens (primary N) is 1. The molecule has 3 aliphatic rings. The van der Waals surface area contributed by atoms with Gasteiger partial charge in [0.25, 0.3) is 0 Å². The fourth-order valence-electron chi connectivity index (χ4n) is 5.23. The van der Waals surface area contributed by atoms with Gasteiger partial charge in [0.05, 0.1) is 13.2 Å². The number of aliphatic imine (C=N–C) groups is 1. The molecule has 2 aliphatic heterocycles. The predicted molar refractivity (Wildman–Crippen MR) is 112 cm³/mol. The highest BCUT2D eigenvalue weighted by atomic mass is 16.5. The van der Waals surface area contributed by atoms with Crippen LogP contribution in [0.4, 0.5) is 0 Å². The molecule has 3 fully saturated rings. The molecular formula is C21H39N5O2. The Bertz CT molecular complexity index is 527. The first-order chi connectivity index (χ1) is 13.6. The zero-order valence-electron chi connectivity index (χ0n) is 17.6. The second kappa shape index (κ2) is 10.4. The topological polar surface area (TPSA) is 83.2 Å². The third-order valence-electron chi connectivity index (χ3n) is 6.72. The molecule has 1 amide bonds. The number of hydrogen-bond donors (Lipinski definition) is 2. The lowest BCUT2D eigenvalue weighted by atomic mass is 9.73. The smallest absolute Gasteiger partial charge is 0.217 e. The van der Waals surface area contributed by atoms with E-state index < -0.39 is 0 Å². The van der Waals surface area contributed by atoms with Crippen molar-refractivity contribution in [2.75, 3.05) is 59.5 Å². The van der Waals surface area contributed by atoms with Gasteiger partial charge in [0.1, 0.15) is 0 Å². The summed E-state index contributed by atoms with van der Waals surface area (Å²) < 4.78 is 5.54. The molecule has 0 aromatic rings. The fraction of sp³-hybridized carbons (Fsp3) is 0.905. The van der Waals surface area contributed by atoms with Crippen molar-refractivity contribution in [3.05, 3.63) is 0 Å². The van der Waals surface area contributed by atoms with Crippen molar-refractivity contribution in [2.45, 2.75) is 51.4 Å². The molecule has 0 spiro atoms. The van der Waals surface area contributed by atoms with Crippen molar-refractivity contribution < 1.29 is 9.53 Å². The monoisotopic (exact) mass is 393 g/mol. The number of nitrogens with one attached hydrogen (secondary N) is 1. The Balaban J connectivity index is 1.58. The minimum atomic E-state index is -0.193. The van der Waals surface area contributed by atoms with Crippen LogP contribution in [0, 0.1) is 11.3 Å². The summed E-state index contributed by atoms with van der Waals surface area (Å²) >= 11 is 0. The maximum Gasteiger partial charge on any atom is 0.217 e. The summed E-state index contributed by atoms with van der Waals surface area (Å²) in [6, 6.07) is 0. The van der Waals surface area contributed by atoms with E-state index in [1.807, 2.05) is 7.05 Å². The van der Waals surface area contributed by atoms with Gasteiger partial charge in [-0.2, -0.15) is 0 Å². The maximum atomic E-state index is 11.3. The van der Waals surface area contributed by atoms with E-state index in [4.69, 9.17) is 10.5 Å². The van der Waals surface area contributed by atoms with Crippen LogP contribution in [0.15, 0.2) is 4.99 Å². The van der Waals surface area contributed by atoms with Crippen LogP contribution >= 0.6 is 0 Å². The van der Waals surface area contributed by atoms with E-state index in [-0.39, 0.29) is 5.91 Å². The van der Waals surface area contributed by atoms with E-state index in [1.165, 1.54) is 32.1 Å². The molecule has 1 unspecified atom stereocenters. The number of rotatable bonds is 6. The maximum absolute atomic E-state index is 11.3. The van der Waals surface area contributed by atoms with Gasteiger partial charge in [0.15, 0.2) is 5.96 Å². The summed E-state index contributed by atoms with van der Waals surface area (Å²) in [5, 5.41) is 3.71. The molecule has 0 aromatic heterocycles. The van der Waals surface area contributed by atoms with Crippen molar-refractivity contribution in [3.63, 3.8) is 0 Å². The largest absolute Gasteiger partial charge is 0.379 e. The Morgan fingerprint density at radius 1 is 1.18 bits per heavy atom. The summed E-state index contributed by atoms with van der Waals surface area (Å²) in [6.45, 7) is 7.85. The first kappa shape index (κ1) is 21.4. The molecule has 1 saturated carbocycles. The summed E-state index contributed by atoms with van der Waals surface area (Å²) in [4.78, 5) is 20.8. The third kappa shape index (κ3) is 6.08. The fourth-order valence-corrected chi connectivity index (χ4v) is 5.23. The van der Waals surface area contributed by atoms with Gasteiger partial charge in [0, 0.05) is 58.2 Å². The average Bonchev–Trinajstić information content (AvgIpc) is 2.70. The van der Waals surface area contributed by atoms with Crippen molar-refractivity contribution in [3.8, 4) is 0 Å². The summed E-state index contributed by atoms with van der Waals surface area (Å²) in [5.41, 5.74) is 5.75. The second-order valence-corrected chi connectivity index (χ2v) is 8.97. The van der Waals surface area contributed by atoms with Gasteiger partial charge in [-0.3, -0.25) is 14.7 Å². The van der Waals surface area contributed by atoms with Gasteiger partial charge in [-0.15, -0.1) is 0 Å². The van der Waals surface area contributed by atoms with Gasteiger partial charge in [-0.25, -0.2) is 0 Å². The lowest BCUT2D eigenvalue weighted by molar-refractivity contribution is -0.119. The Morgan fingerprint density at radius 3 is 2.61 bits per heavy atom. The van der Waals surface area contributed by atoms with Crippen LogP contribution in [0.5, 0.6) is 0 Å². The van der Waals surface area contributed by atoms with E-state index in [9.17, 15) is 4.79 Å². The third-order valence-corrected chi connectivity index (χ3v) is 6.72. The van der Waals surface area contributed by atoms with E-state index in [0.717, 1.165) is 71.3 Å². The van der Waals surface area contributed by atoms with Crippen LogP contribution < -0.4 is 11.1 Å². The van der Waals surface area contributed by atoms with Crippen molar-refractivity contribution in [1.29, 1.82) is 0 Å². The molecule has 1 atom stereocenters. The minimum Gasteiger partial charge on any atom is -0.379 e. The number of nitrogens with zero attached hydrogens (tertiary/aromatic N) is 3. The Kier molecular flexibility index (Phi) is 7.97. The van der Waals surface area contributed by atoms with Gasteiger partial charge in [-0.05, 0) is 31.6 Å². The van der Waals surface area contributed by atoms with Crippen LogP contribution in [-0.2, 0) is 9.53 Å². The Labute approximate surface area is 170 Å². The van der Waals surface area contributed by atoms with Crippen molar-refractivity contribution in [1.82, 2.24) is 15.1 Å². The van der Waals surface area contributed by atoms with E-state index in [1.54, 1.807) is 0 Å². The number of primary amides is 1. The number of carbonyl (C=O) groups is 1. The number of morpholine rings is 1.